The lowest BCUT2D eigenvalue weighted by Gasteiger charge is -2.09. The number of carbonyl (C=O) groups is 1. The number of hydrogen-bond donors (Lipinski definition) is 2. The molecule has 0 atom stereocenters. The molecular weight excluding hydrogens is 369 g/mol. The third-order valence-corrected chi connectivity index (χ3v) is 3.89. The van der Waals surface area contributed by atoms with E-state index < -0.39 is 28.9 Å². The molecule has 9 heteroatoms. The number of aromatic amines is 1. The number of halogens is 1. The molecule has 0 saturated heterocycles. The topological polar surface area (TPSA) is 128 Å². The van der Waals surface area contributed by atoms with Crippen molar-refractivity contribution in [3.63, 3.8) is 0 Å². The summed E-state index contributed by atoms with van der Waals surface area (Å²) in [6.45, 7) is -0.108. The molecule has 1 aromatic heterocycles. The maximum Gasteiger partial charge on any atom is 0.331 e. The van der Waals surface area contributed by atoms with Gasteiger partial charge in [0.2, 0.25) is 5.88 Å². The van der Waals surface area contributed by atoms with Gasteiger partial charge in [-0.3, -0.25) is 19.3 Å². The van der Waals surface area contributed by atoms with Crippen molar-refractivity contribution in [1.82, 2.24) is 9.55 Å². The van der Waals surface area contributed by atoms with Crippen molar-refractivity contribution < 1.29 is 19.4 Å². The Morgan fingerprint density at radius 1 is 1.21 bits per heavy atom. The van der Waals surface area contributed by atoms with Gasteiger partial charge in [0.25, 0.3) is 5.56 Å². The van der Waals surface area contributed by atoms with E-state index in [-0.39, 0.29) is 23.4 Å². The number of aromatic nitrogens is 2. The Labute approximate surface area is 156 Å². The first-order valence-corrected chi connectivity index (χ1v) is 8.01. The minimum absolute atomic E-state index is 0.103. The molecule has 3 aromatic rings. The third-order valence-electron chi connectivity index (χ3n) is 3.89. The van der Waals surface area contributed by atoms with Crippen molar-refractivity contribution >= 4 is 17.9 Å². The van der Waals surface area contributed by atoms with E-state index in [9.17, 15) is 29.0 Å². The number of rotatable bonds is 5. The number of carbonyl (C=O) groups excluding carboxylic acids is 1. The fourth-order valence-corrected chi connectivity index (χ4v) is 2.46. The van der Waals surface area contributed by atoms with Crippen LogP contribution in [0.1, 0.15) is 21.5 Å². The number of nitrogens with one attached hydrogen (secondary N) is 1. The highest BCUT2D eigenvalue weighted by Crippen LogP contribution is 2.16. The summed E-state index contributed by atoms with van der Waals surface area (Å²) in [5, 5.41) is 21.3. The lowest BCUT2D eigenvalue weighted by molar-refractivity contribution is -0.255. The van der Waals surface area contributed by atoms with Crippen LogP contribution in [0.5, 0.6) is 5.88 Å². The predicted molar refractivity (Wildman–Crippen MR) is 96.5 cm³/mol. The molecular formula is C19H13FN3O5-. The van der Waals surface area contributed by atoms with Gasteiger partial charge >= 0.3 is 5.69 Å². The third kappa shape index (κ3) is 4.04. The molecule has 142 valence electrons. The number of carboxylic acids is 1. The molecule has 1 heterocycles. The van der Waals surface area contributed by atoms with Crippen molar-refractivity contribution in [3.8, 4) is 5.88 Å². The lowest BCUT2D eigenvalue weighted by atomic mass is 10.2. The highest BCUT2D eigenvalue weighted by molar-refractivity contribution is 5.88. The molecule has 28 heavy (non-hydrogen) atoms. The van der Waals surface area contributed by atoms with Gasteiger partial charge in [-0.15, -0.1) is 0 Å². The van der Waals surface area contributed by atoms with Gasteiger partial charge in [-0.05, 0) is 35.4 Å². The van der Waals surface area contributed by atoms with Gasteiger partial charge in [0.15, 0.2) is 0 Å². The van der Waals surface area contributed by atoms with E-state index in [0.717, 1.165) is 10.8 Å². The van der Waals surface area contributed by atoms with Crippen molar-refractivity contribution in [1.29, 1.82) is 0 Å². The van der Waals surface area contributed by atoms with E-state index in [2.05, 4.69) is 9.98 Å². The van der Waals surface area contributed by atoms with Crippen molar-refractivity contribution in [3.05, 3.63) is 91.9 Å². The molecule has 3 rings (SSSR count). The molecule has 0 aliphatic heterocycles. The molecule has 0 bridgehead atoms. The minimum Gasteiger partial charge on any atom is -0.545 e. The fourth-order valence-electron chi connectivity index (χ4n) is 2.46. The Balaban J connectivity index is 1.98. The second-order valence-corrected chi connectivity index (χ2v) is 5.81. The molecule has 0 saturated carbocycles. The number of carboxylic acid groups (broad SMARTS) is 1. The average Bonchev–Trinajstić information content (AvgIpc) is 2.66. The molecule has 0 fully saturated rings. The maximum absolute atomic E-state index is 13.0. The Hall–Kier alpha value is -4.01. The van der Waals surface area contributed by atoms with Crippen LogP contribution in [0.2, 0.25) is 0 Å². The zero-order valence-corrected chi connectivity index (χ0v) is 14.3. The van der Waals surface area contributed by atoms with Gasteiger partial charge in [-0.2, -0.15) is 0 Å². The molecule has 0 amide bonds. The number of aliphatic imine (C=N–C) groups is 1. The zero-order valence-electron chi connectivity index (χ0n) is 14.3. The molecule has 0 aliphatic rings. The van der Waals surface area contributed by atoms with Crippen LogP contribution in [0, 0.1) is 5.82 Å². The summed E-state index contributed by atoms with van der Waals surface area (Å²) in [5.74, 6) is -2.46. The second-order valence-electron chi connectivity index (χ2n) is 5.81. The van der Waals surface area contributed by atoms with Crippen molar-refractivity contribution in [2.24, 2.45) is 4.99 Å². The maximum atomic E-state index is 13.0. The normalized spacial score (nSPS) is 11.0. The van der Waals surface area contributed by atoms with E-state index in [1.807, 2.05) is 0 Å². The highest BCUT2D eigenvalue weighted by atomic mass is 19.1. The largest absolute Gasteiger partial charge is 0.545 e. The molecule has 2 aromatic carbocycles. The standard InChI is InChI=1S/C19H14FN3O5/c20-13-6-4-11(5-7-13)10-23-17(25)15(16(24)22-19(23)28)9-21-14-3-1-2-12(8-14)18(26)27/h1-9,25H,10H2,(H,26,27)(H,22,24,28)/p-1. The molecule has 0 aliphatic carbocycles. The van der Waals surface area contributed by atoms with Crippen LogP contribution >= 0.6 is 0 Å². The molecule has 0 unspecified atom stereocenters. The Bertz CT molecular complexity index is 1180. The van der Waals surface area contributed by atoms with Crippen LogP contribution in [0.25, 0.3) is 0 Å². The summed E-state index contributed by atoms with van der Waals surface area (Å²) < 4.78 is 13.9. The van der Waals surface area contributed by atoms with Gasteiger partial charge in [0, 0.05) is 6.21 Å². The van der Waals surface area contributed by atoms with E-state index >= 15 is 0 Å². The molecule has 0 radical (unpaired) electrons. The van der Waals surface area contributed by atoms with Crippen LogP contribution in [-0.4, -0.2) is 26.8 Å². The number of aromatic hydroxyl groups is 1. The number of nitrogens with zero attached hydrogens (tertiary/aromatic N) is 2. The number of benzene rings is 2. The Morgan fingerprint density at radius 3 is 2.61 bits per heavy atom. The first-order valence-electron chi connectivity index (χ1n) is 8.01. The number of aromatic carboxylic acids is 1. The minimum atomic E-state index is -1.38. The summed E-state index contributed by atoms with van der Waals surface area (Å²) >= 11 is 0. The summed E-state index contributed by atoms with van der Waals surface area (Å²) in [6.07, 6.45) is 1.02. The van der Waals surface area contributed by atoms with E-state index in [1.54, 1.807) is 0 Å². The zero-order chi connectivity index (χ0) is 20.3. The highest BCUT2D eigenvalue weighted by Gasteiger charge is 2.13. The monoisotopic (exact) mass is 382 g/mol. The van der Waals surface area contributed by atoms with Crippen LogP contribution in [0.15, 0.2) is 63.1 Å². The number of H-pyrrole nitrogens is 1. The first kappa shape index (κ1) is 18.8. The Kier molecular flexibility index (Phi) is 5.16. The summed E-state index contributed by atoms with van der Waals surface area (Å²) in [5.41, 5.74) is -1.37. The van der Waals surface area contributed by atoms with Gasteiger partial charge in [0.1, 0.15) is 11.4 Å². The quantitative estimate of drug-likeness (QED) is 0.623. The van der Waals surface area contributed by atoms with Crippen molar-refractivity contribution in [2.45, 2.75) is 6.54 Å². The van der Waals surface area contributed by atoms with Gasteiger partial charge in [-0.25, -0.2) is 9.18 Å². The summed E-state index contributed by atoms with van der Waals surface area (Å²) in [4.78, 5) is 41.0. The van der Waals surface area contributed by atoms with E-state index in [0.29, 0.717) is 5.56 Å². The smallest absolute Gasteiger partial charge is 0.331 e. The summed E-state index contributed by atoms with van der Waals surface area (Å²) in [7, 11) is 0. The first-order chi connectivity index (χ1) is 13.3. The predicted octanol–water partition coefficient (Wildman–Crippen LogP) is 0.544. The van der Waals surface area contributed by atoms with Crippen LogP contribution in [0.4, 0.5) is 10.1 Å². The SMILES string of the molecule is O=C([O-])c1cccc(N=Cc2c(O)n(Cc3ccc(F)cc3)c(=O)[nH]c2=O)c1. The van der Waals surface area contributed by atoms with E-state index in [1.165, 1.54) is 48.5 Å². The average molecular weight is 382 g/mol. The lowest BCUT2D eigenvalue weighted by Crippen LogP contribution is -2.32. The molecule has 0 spiro atoms. The number of hydrogen-bond acceptors (Lipinski definition) is 6. The second kappa shape index (κ2) is 7.70. The molecule has 8 nitrogen and oxygen atoms in total. The van der Waals surface area contributed by atoms with Gasteiger partial charge < -0.3 is 15.0 Å². The summed E-state index contributed by atoms with van der Waals surface area (Å²) in [6, 6.07) is 10.8. The van der Waals surface area contributed by atoms with Gasteiger partial charge in [-0.1, -0.05) is 24.3 Å². The van der Waals surface area contributed by atoms with Crippen LogP contribution in [0.3, 0.4) is 0 Å². The van der Waals surface area contributed by atoms with Crippen LogP contribution < -0.4 is 16.4 Å². The fraction of sp³-hybridized carbons (Fsp3) is 0.0526. The molecule has 2 N–H and O–H groups in total. The van der Waals surface area contributed by atoms with E-state index in [4.69, 9.17) is 0 Å². The van der Waals surface area contributed by atoms with Gasteiger partial charge in [0.05, 0.1) is 18.2 Å². The van der Waals surface area contributed by atoms with Crippen molar-refractivity contribution in [2.75, 3.05) is 0 Å². The van der Waals surface area contributed by atoms with Crippen LogP contribution in [-0.2, 0) is 6.54 Å². The Morgan fingerprint density at radius 2 is 1.93 bits per heavy atom.